The second kappa shape index (κ2) is 5.68. The minimum Gasteiger partial charge on any atom is -0.330 e. The lowest BCUT2D eigenvalue weighted by molar-refractivity contribution is 0.603. The topological polar surface area (TPSA) is 85.1 Å². The lowest BCUT2D eigenvalue weighted by Crippen LogP contribution is -2.12. The van der Waals surface area contributed by atoms with Gasteiger partial charge in [0.1, 0.15) is 10.0 Å². The number of pyridine rings is 1. The molecule has 0 saturated carbocycles. The van der Waals surface area contributed by atoms with Crippen molar-refractivity contribution in [1.29, 1.82) is 0 Å². The highest BCUT2D eigenvalue weighted by atomic mass is 32.2. The van der Waals surface area contributed by atoms with Crippen LogP contribution in [0.15, 0.2) is 34.5 Å². The first kappa shape index (κ1) is 14.0. The quantitative estimate of drug-likeness (QED) is 0.880. The largest absolute Gasteiger partial charge is 0.330 e. The zero-order valence-corrected chi connectivity index (χ0v) is 12.1. The molecule has 0 bridgehead atoms. The normalized spacial score (nSPS) is 11.5. The van der Waals surface area contributed by atoms with Crippen LogP contribution in [0.4, 0.5) is 5.82 Å². The molecule has 0 fully saturated rings. The van der Waals surface area contributed by atoms with Crippen molar-refractivity contribution >= 4 is 27.2 Å². The predicted octanol–water partition coefficient (Wildman–Crippen LogP) is 1.75. The molecule has 7 heteroatoms. The number of nitrogens with one attached hydrogen (secondary N) is 1. The highest BCUT2D eigenvalue weighted by Crippen LogP contribution is 2.23. The zero-order valence-electron chi connectivity index (χ0n) is 10.5. The van der Waals surface area contributed by atoms with Crippen LogP contribution in [0.5, 0.6) is 0 Å². The number of anilines is 1. The van der Waals surface area contributed by atoms with Gasteiger partial charge in [-0.25, -0.2) is 13.4 Å². The lowest BCUT2D eigenvalue weighted by atomic mass is 10.3. The van der Waals surface area contributed by atoms with Gasteiger partial charge in [-0.05, 0) is 44.2 Å². The fourth-order valence-electron chi connectivity index (χ4n) is 1.57. The van der Waals surface area contributed by atoms with Crippen LogP contribution in [0, 0.1) is 6.92 Å². The average molecular weight is 297 g/mol. The maximum atomic E-state index is 12.2. The minimum absolute atomic E-state index is 0.277. The van der Waals surface area contributed by atoms with Gasteiger partial charge in [-0.3, -0.25) is 4.72 Å². The summed E-state index contributed by atoms with van der Waals surface area (Å²) in [7, 11) is -3.56. The number of thiophene rings is 1. The summed E-state index contributed by atoms with van der Waals surface area (Å²) in [5.74, 6) is 0.328. The molecule has 0 unspecified atom stereocenters. The maximum absolute atomic E-state index is 12.2. The second-order valence-corrected chi connectivity index (χ2v) is 7.11. The van der Waals surface area contributed by atoms with E-state index in [0.717, 1.165) is 10.6 Å². The fraction of sp³-hybridized carbons (Fsp3) is 0.250. The van der Waals surface area contributed by atoms with Crippen molar-refractivity contribution in [3.05, 3.63) is 40.9 Å². The molecule has 2 heterocycles. The first-order valence-electron chi connectivity index (χ1n) is 5.76. The molecule has 0 aliphatic rings. The van der Waals surface area contributed by atoms with E-state index in [2.05, 4.69) is 9.71 Å². The Hall–Kier alpha value is -1.44. The van der Waals surface area contributed by atoms with Crippen LogP contribution < -0.4 is 10.5 Å². The summed E-state index contributed by atoms with van der Waals surface area (Å²) in [6.45, 7) is 2.31. The average Bonchev–Trinajstić information content (AvgIpc) is 2.78. The second-order valence-electron chi connectivity index (χ2n) is 4.03. The van der Waals surface area contributed by atoms with Crippen molar-refractivity contribution in [1.82, 2.24) is 4.98 Å². The molecule has 19 heavy (non-hydrogen) atoms. The maximum Gasteiger partial charge on any atom is 0.272 e. The van der Waals surface area contributed by atoms with Gasteiger partial charge in [-0.2, -0.15) is 0 Å². The third-order valence-electron chi connectivity index (χ3n) is 2.42. The van der Waals surface area contributed by atoms with Crippen LogP contribution >= 0.6 is 11.3 Å². The molecule has 0 aromatic carbocycles. The highest BCUT2D eigenvalue weighted by molar-refractivity contribution is 7.94. The van der Waals surface area contributed by atoms with Gasteiger partial charge in [0.25, 0.3) is 10.0 Å². The van der Waals surface area contributed by atoms with Crippen LogP contribution in [0.1, 0.15) is 10.6 Å². The lowest BCUT2D eigenvalue weighted by Gasteiger charge is -2.05. The van der Waals surface area contributed by atoms with E-state index < -0.39 is 10.0 Å². The standard InChI is InChI=1S/C12H15N3O2S2/c1-9-3-2-4-11(14-9)15-19(16,17)12-6-5-10(18-12)7-8-13/h2-6H,7-8,13H2,1H3,(H,14,15). The molecule has 2 aromatic rings. The monoisotopic (exact) mass is 297 g/mol. The van der Waals surface area contributed by atoms with Crippen LogP contribution in [0.3, 0.4) is 0 Å². The Morgan fingerprint density at radius 2 is 2.11 bits per heavy atom. The van der Waals surface area contributed by atoms with E-state index in [0.29, 0.717) is 18.8 Å². The van der Waals surface area contributed by atoms with E-state index in [9.17, 15) is 8.42 Å². The van der Waals surface area contributed by atoms with Crippen molar-refractivity contribution in [2.24, 2.45) is 5.73 Å². The third kappa shape index (κ3) is 3.52. The summed E-state index contributed by atoms with van der Waals surface area (Å²) < 4.78 is 27.1. The molecule has 102 valence electrons. The predicted molar refractivity (Wildman–Crippen MR) is 76.9 cm³/mol. The Kier molecular flexibility index (Phi) is 4.18. The van der Waals surface area contributed by atoms with Gasteiger partial charge in [0.05, 0.1) is 0 Å². The molecule has 0 spiro atoms. The fourth-order valence-corrected chi connectivity index (χ4v) is 3.94. The third-order valence-corrected chi connectivity index (χ3v) is 5.41. The van der Waals surface area contributed by atoms with Gasteiger partial charge in [0.15, 0.2) is 0 Å². The molecule has 0 aliphatic heterocycles. The molecule has 0 atom stereocenters. The van der Waals surface area contributed by atoms with Crippen molar-refractivity contribution in [2.75, 3.05) is 11.3 Å². The smallest absolute Gasteiger partial charge is 0.272 e. The Labute approximate surface area is 116 Å². The van der Waals surface area contributed by atoms with Gasteiger partial charge in [0, 0.05) is 10.6 Å². The van der Waals surface area contributed by atoms with Crippen molar-refractivity contribution in [3.63, 3.8) is 0 Å². The summed E-state index contributed by atoms with van der Waals surface area (Å²) >= 11 is 1.23. The van der Waals surface area contributed by atoms with Gasteiger partial charge in [-0.1, -0.05) is 6.07 Å². The summed E-state index contributed by atoms with van der Waals surface area (Å²) in [6.07, 6.45) is 0.683. The van der Waals surface area contributed by atoms with Crippen molar-refractivity contribution in [3.8, 4) is 0 Å². The van der Waals surface area contributed by atoms with Gasteiger partial charge in [-0.15, -0.1) is 11.3 Å². The van der Waals surface area contributed by atoms with Gasteiger partial charge >= 0.3 is 0 Å². The van der Waals surface area contributed by atoms with Gasteiger partial charge < -0.3 is 5.73 Å². The Morgan fingerprint density at radius 3 is 2.79 bits per heavy atom. The summed E-state index contributed by atoms with van der Waals surface area (Å²) in [6, 6.07) is 8.57. The van der Waals surface area contributed by atoms with E-state index in [1.807, 2.05) is 13.0 Å². The SMILES string of the molecule is Cc1cccc(NS(=O)(=O)c2ccc(CCN)s2)n1. The summed E-state index contributed by atoms with van der Waals surface area (Å²) in [4.78, 5) is 5.08. The van der Waals surface area contributed by atoms with Crippen LogP contribution in [-0.4, -0.2) is 19.9 Å². The number of aryl methyl sites for hydroxylation is 1. The van der Waals surface area contributed by atoms with Crippen molar-refractivity contribution < 1.29 is 8.42 Å². The number of aromatic nitrogens is 1. The van der Waals surface area contributed by atoms with Crippen LogP contribution in [-0.2, 0) is 16.4 Å². The van der Waals surface area contributed by atoms with E-state index >= 15 is 0 Å². The Morgan fingerprint density at radius 1 is 1.32 bits per heavy atom. The number of sulfonamides is 1. The minimum atomic E-state index is -3.56. The van der Waals surface area contributed by atoms with E-state index in [1.54, 1.807) is 24.3 Å². The first-order chi connectivity index (χ1) is 9.01. The molecule has 3 N–H and O–H groups in total. The molecular formula is C12H15N3O2S2. The molecule has 0 radical (unpaired) electrons. The summed E-state index contributed by atoms with van der Waals surface area (Å²) in [5.41, 5.74) is 6.21. The molecule has 2 rings (SSSR count). The Balaban J connectivity index is 2.22. The number of nitrogens with two attached hydrogens (primary N) is 1. The zero-order chi connectivity index (χ0) is 13.9. The molecule has 0 amide bonds. The number of hydrogen-bond donors (Lipinski definition) is 2. The van der Waals surface area contributed by atoms with E-state index in [4.69, 9.17) is 5.73 Å². The number of rotatable bonds is 5. The number of nitrogens with zero attached hydrogens (tertiary/aromatic N) is 1. The molecular weight excluding hydrogens is 282 g/mol. The van der Waals surface area contributed by atoms with E-state index in [1.165, 1.54) is 11.3 Å². The van der Waals surface area contributed by atoms with Crippen molar-refractivity contribution in [2.45, 2.75) is 17.6 Å². The molecule has 0 aliphatic carbocycles. The first-order valence-corrected chi connectivity index (χ1v) is 8.06. The van der Waals surface area contributed by atoms with E-state index in [-0.39, 0.29) is 4.21 Å². The molecule has 5 nitrogen and oxygen atoms in total. The molecule has 2 aromatic heterocycles. The van der Waals surface area contributed by atoms with Crippen LogP contribution in [0.2, 0.25) is 0 Å². The van der Waals surface area contributed by atoms with Gasteiger partial charge in [0.2, 0.25) is 0 Å². The van der Waals surface area contributed by atoms with Crippen LogP contribution in [0.25, 0.3) is 0 Å². The molecule has 0 saturated heterocycles. The highest BCUT2D eigenvalue weighted by Gasteiger charge is 2.17. The number of hydrogen-bond acceptors (Lipinski definition) is 5. The summed E-state index contributed by atoms with van der Waals surface area (Å²) in [5, 5.41) is 0. The Bertz CT molecular complexity index is 665.